The number of para-hydroxylation sites is 2. The van der Waals surface area contributed by atoms with Gasteiger partial charge in [-0.2, -0.15) is 5.26 Å². The molecule has 44 heavy (non-hydrogen) atoms. The van der Waals surface area contributed by atoms with Crippen molar-refractivity contribution in [2.24, 2.45) is 7.05 Å². The van der Waals surface area contributed by atoms with E-state index in [4.69, 9.17) is 4.42 Å². The first-order valence-electron chi connectivity index (χ1n) is 15.0. The van der Waals surface area contributed by atoms with Crippen LogP contribution in [-0.4, -0.2) is 0 Å². The zero-order valence-corrected chi connectivity index (χ0v) is 25.7. The number of anilines is 3. The Balaban J connectivity index is 1.51. The van der Waals surface area contributed by atoms with Gasteiger partial charge in [0.05, 0.1) is 16.8 Å². The third-order valence-electron chi connectivity index (χ3n) is 8.59. The lowest BCUT2D eigenvalue weighted by Gasteiger charge is -2.26. The minimum atomic E-state index is 0.0585. The molecule has 0 aliphatic rings. The van der Waals surface area contributed by atoms with Gasteiger partial charge in [0.2, 0.25) is 5.69 Å². The standard InChI is InChI=1S/C40H34N3O/c1-26-16-19-33-32-20-17-27-22-28(24-41)36(43(30-12-8-6-9-13-30)31-14-10-7-11-15-31)23-34(27)38(32)44-39(33)37(26)35-21-18-29(25-42(35)5)40(2,3)4/h6-23,25H,1-5H3/q+1. The maximum atomic E-state index is 10.3. The zero-order valence-electron chi connectivity index (χ0n) is 25.7. The highest BCUT2D eigenvalue weighted by Gasteiger charge is 2.25. The van der Waals surface area contributed by atoms with E-state index in [1.807, 2.05) is 42.5 Å². The van der Waals surface area contributed by atoms with Gasteiger partial charge in [0.1, 0.15) is 24.3 Å². The van der Waals surface area contributed by atoms with Crippen LogP contribution in [0.2, 0.25) is 0 Å². The number of aryl methyl sites for hydroxylation is 2. The largest absolute Gasteiger partial charge is 0.454 e. The fraction of sp³-hybridized carbons (Fsp3) is 0.150. The summed E-state index contributed by atoms with van der Waals surface area (Å²) in [5, 5.41) is 14.4. The van der Waals surface area contributed by atoms with Gasteiger partial charge in [0, 0.05) is 39.2 Å². The van der Waals surface area contributed by atoms with Gasteiger partial charge in [-0.3, -0.25) is 0 Å². The van der Waals surface area contributed by atoms with Crippen LogP contribution < -0.4 is 9.47 Å². The summed E-state index contributed by atoms with van der Waals surface area (Å²) in [5.41, 5.74) is 9.78. The zero-order chi connectivity index (χ0) is 30.6. The monoisotopic (exact) mass is 572 g/mol. The molecule has 214 valence electrons. The molecule has 2 heterocycles. The third-order valence-corrected chi connectivity index (χ3v) is 8.59. The molecule has 0 saturated carbocycles. The van der Waals surface area contributed by atoms with Crippen LogP contribution in [0.15, 0.2) is 120 Å². The molecule has 0 unspecified atom stereocenters. The number of furan rings is 1. The maximum absolute atomic E-state index is 10.3. The number of rotatable bonds is 4. The van der Waals surface area contributed by atoms with Crippen molar-refractivity contribution in [2.45, 2.75) is 33.1 Å². The van der Waals surface area contributed by atoms with E-state index < -0.39 is 0 Å². The number of fused-ring (bicyclic) bond motifs is 5. The van der Waals surface area contributed by atoms with Gasteiger partial charge in [-0.1, -0.05) is 75.4 Å². The summed E-state index contributed by atoms with van der Waals surface area (Å²) in [4.78, 5) is 2.14. The van der Waals surface area contributed by atoms with Crippen LogP contribution in [0.5, 0.6) is 0 Å². The van der Waals surface area contributed by atoms with Crippen LogP contribution in [0.4, 0.5) is 17.1 Å². The first kappa shape index (κ1) is 27.4. The molecule has 0 saturated heterocycles. The van der Waals surface area contributed by atoms with Crippen LogP contribution in [0.1, 0.15) is 37.5 Å². The Morgan fingerprint density at radius 2 is 1.36 bits per heavy atom. The van der Waals surface area contributed by atoms with Gasteiger partial charge in [0.15, 0.2) is 6.20 Å². The van der Waals surface area contributed by atoms with Gasteiger partial charge in [-0.05, 0) is 71.8 Å². The number of pyridine rings is 1. The average molecular weight is 573 g/mol. The van der Waals surface area contributed by atoms with Crippen molar-refractivity contribution in [2.75, 3.05) is 4.90 Å². The van der Waals surface area contributed by atoms with E-state index >= 15 is 0 Å². The van der Waals surface area contributed by atoms with E-state index in [1.165, 1.54) is 5.56 Å². The van der Waals surface area contributed by atoms with Gasteiger partial charge < -0.3 is 9.32 Å². The second kappa shape index (κ2) is 10.4. The summed E-state index contributed by atoms with van der Waals surface area (Å²) >= 11 is 0. The van der Waals surface area contributed by atoms with E-state index in [1.54, 1.807) is 0 Å². The molecule has 4 heteroatoms. The molecule has 5 aromatic carbocycles. The molecular weight excluding hydrogens is 538 g/mol. The molecule has 0 atom stereocenters. The Morgan fingerprint density at radius 3 is 1.98 bits per heavy atom. The topological polar surface area (TPSA) is 44.1 Å². The molecule has 0 spiro atoms. The third kappa shape index (κ3) is 4.49. The number of aromatic nitrogens is 1. The molecule has 0 fully saturated rings. The maximum Gasteiger partial charge on any atom is 0.216 e. The molecular formula is C40H34N3O+. The van der Waals surface area contributed by atoms with Crippen molar-refractivity contribution < 1.29 is 8.98 Å². The quantitative estimate of drug-likeness (QED) is 0.197. The highest BCUT2D eigenvalue weighted by atomic mass is 16.3. The van der Waals surface area contributed by atoms with E-state index in [2.05, 4.69) is 123 Å². The van der Waals surface area contributed by atoms with Gasteiger partial charge in [-0.15, -0.1) is 0 Å². The van der Waals surface area contributed by atoms with Gasteiger partial charge >= 0.3 is 0 Å². The lowest BCUT2D eigenvalue weighted by atomic mass is 9.88. The second-order valence-electron chi connectivity index (χ2n) is 12.6. The molecule has 0 radical (unpaired) electrons. The number of nitrogens with zero attached hydrogens (tertiary/aromatic N) is 3. The minimum absolute atomic E-state index is 0.0585. The Bertz CT molecular complexity index is 2190. The Hall–Kier alpha value is -5.40. The summed E-state index contributed by atoms with van der Waals surface area (Å²) in [6, 6.07) is 40.0. The molecule has 0 aliphatic carbocycles. The summed E-state index contributed by atoms with van der Waals surface area (Å²) in [6.07, 6.45) is 2.23. The van der Waals surface area contributed by atoms with Crippen molar-refractivity contribution in [3.05, 3.63) is 132 Å². The minimum Gasteiger partial charge on any atom is -0.454 e. The molecule has 7 rings (SSSR count). The number of hydrogen-bond donors (Lipinski definition) is 0. The molecule has 4 nitrogen and oxygen atoms in total. The highest BCUT2D eigenvalue weighted by molar-refractivity contribution is 6.18. The summed E-state index contributed by atoms with van der Waals surface area (Å²) < 4.78 is 9.10. The number of nitriles is 1. The van der Waals surface area contributed by atoms with Crippen LogP contribution >= 0.6 is 0 Å². The van der Waals surface area contributed by atoms with E-state index in [0.29, 0.717) is 5.56 Å². The van der Waals surface area contributed by atoms with Crippen LogP contribution in [-0.2, 0) is 12.5 Å². The first-order valence-corrected chi connectivity index (χ1v) is 15.0. The molecule has 7 aromatic rings. The summed E-state index contributed by atoms with van der Waals surface area (Å²) in [5.74, 6) is 0. The van der Waals surface area contributed by atoms with Crippen LogP contribution in [0.25, 0.3) is 44.0 Å². The van der Waals surface area contributed by atoms with Gasteiger partial charge in [-0.25, -0.2) is 4.57 Å². The van der Waals surface area contributed by atoms with E-state index in [-0.39, 0.29) is 5.41 Å². The van der Waals surface area contributed by atoms with Crippen molar-refractivity contribution in [3.8, 4) is 17.3 Å². The van der Waals surface area contributed by atoms with Gasteiger partial charge in [0.25, 0.3) is 0 Å². The van der Waals surface area contributed by atoms with E-state index in [9.17, 15) is 5.26 Å². The Kier molecular flexibility index (Phi) is 6.48. The average Bonchev–Trinajstić information content (AvgIpc) is 3.41. The van der Waals surface area contributed by atoms with Crippen molar-refractivity contribution in [3.63, 3.8) is 0 Å². The van der Waals surface area contributed by atoms with Crippen LogP contribution in [0.3, 0.4) is 0 Å². The normalized spacial score (nSPS) is 11.7. The molecule has 2 aromatic heterocycles. The second-order valence-corrected chi connectivity index (χ2v) is 12.6. The molecule has 0 N–H and O–H groups in total. The summed E-state index contributed by atoms with van der Waals surface area (Å²) in [7, 11) is 2.11. The number of hydrogen-bond acceptors (Lipinski definition) is 3. The van der Waals surface area contributed by atoms with Crippen molar-refractivity contribution in [1.29, 1.82) is 5.26 Å². The molecule has 0 amide bonds. The number of benzene rings is 5. The predicted octanol–water partition coefficient (Wildman–Crippen LogP) is 10.2. The Morgan fingerprint density at radius 1 is 0.727 bits per heavy atom. The lowest BCUT2D eigenvalue weighted by molar-refractivity contribution is -0.661. The lowest BCUT2D eigenvalue weighted by Crippen LogP contribution is -2.33. The van der Waals surface area contributed by atoms with Crippen LogP contribution in [0, 0.1) is 18.3 Å². The molecule has 0 aliphatic heterocycles. The fourth-order valence-corrected chi connectivity index (χ4v) is 6.24. The first-order chi connectivity index (χ1) is 21.2. The predicted molar refractivity (Wildman–Crippen MR) is 181 cm³/mol. The smallest absolute Gasteiger partial charge is 0.216 e. The van der Waals surface area contributed by atoms with Crippen molar-refractivity contribution >= 4 is 49.8 Å². The SMILES string of the molecule is Cc1ccc2c(oc3c4cc(N(c5ccccc5)c5ccccc5)c(C#N)cc4ccc23)c1-c1ccc(C(C)(C)C)c[n+]1C. The molecule has 0 bridgehead atoms. The Labute approximate surface area is 258 Å². The van der Waals surface area contributed by atoms with Crippen molar-refractivity contribution in [1.82, 2.24) is 0 Å². The summed E-state index contributed by atoms with van der Waals surface area (Å²) in [6.45, 7) is 8.86. The van der Waals surface area contributed by atoms with E-state index in [0.717, 1.165) is 66.6 Å². The highest BCUT2D eigenvalue weighted by Crippen LogP contribution is 2.43. The fourth-order valence-electron chi connectivity index (χ4n) is 6.24.